The first-order valence-electron chi connectivity index (χ1n) is 9.40. The number of hydrogen-bond acceptors (Lipinski definition) is 5. The van der Waals surface area contributed by atoms with Crippen LogP contribution in [-0.4, -0.2) is 31.2 Å². The summed E-state index contributed by atoms with van der Waals surface area (Å²) >= 11 is 0. The molecule has 3 aromatic rings. The molecule has 2 N–H and O–H groups in total. The number of hydrogen-bond donors (Lipinski definition) is 2. The molecule has 0 bridgehead atoms. The molecule has 6 nitrogen and oxygen atoms in total. The number of nitrogens with zero attached hydrogens (tertiary/aromatic N) is 1. The molecule has 0 aliphatic heterocycles. The van der Waals surface area contributed by atoms with Crippen molar-refractivity contribution < 1.29 is 14.3 Å². The predicted octanol–water partition coefficient (Wildman–Crippen LogP) is 4.26. The van der Waals surface area contributed by atoms with Gasteiger partial charge in [-0.3, -0.25) is 4.79 Å². The monoisotopic (exact) mass is 391 g/mol. The number of carbonyl (C=O) groups is 1. The second-order valence-electron chi connectivity index (χ2n) is 6.66. The quantitative estimate of drug-likeness (QED) is 0.562. The van der Waals surface area contributed by atoms with Crippen molar-refractivity contribution in [3.05, 3.63) is 77.5 Å². The molecule has 3 rings (SSSR count). The van der Waals surface area contributed by atoms with Gasteiger partial charge in [0.25, 0.3) is 5.91 Å². The van der Waals surface area contributed by atoms with Crippen molar-refractivity contribution in [1.82, 2.24) is 10.3 Å². The van der Waals surface area contributed by atoms with Gasteiger partial charge in [0.1, 0.15) is 23.9 Å². The van der Waals surface area contributed by atoms with Crippen LogP contribution in [-0.2, 0) is 0 Å². The molecular formula is C23H25N3O3. The van der Waals surface area contributed by atoms with Crippen LogP contribution >= 0.6 is 0 Å². The number of pyridine rings is 1. The number of aryl methyl sites for hydroxylation is 2. The fraction of sp³-hybridized carbons (Fsp3) is 0.217. The van der Waals surface area contributed by atoms with Crippen molar-refractivity contribution >= 4 is 17.4 Å². The molecule has 29 heavy (non-hydrogen) atoms. The highest BCUT2D eigenvalue weighted by molar-refractivity contribution is 5.94. The minimum absolute atomic E-state index is 0.186. The summed E-state index contributed by atoms with van der Waals surface area (Å²) in [5, 5.41) is 6.10. The Labute approximate surface area is 170 Å². The Kier molecular flexibility index (Phi) is 6.68. The van der Waals surface area contributed by atoms with Gasteiger partial charge in [0, 0.05) is 11.9 Å². The molecule has 0 aliphatic rings. The number of anilines is 2. The zero-order valence-corrected chi connectivity index (χ0v) is 16.9. The van der Waals surface area contributed by atoms with E-state index in [4.69, 9.17) is 9.47 Å². The van der Waals surface area contributed by atoms with Crippen LogP contribution in [0.5, 0.6) is 11.5 Å². The van der Waals surface area contributed by atoms with E-state index in [0.717, 1.165) is 22.7 Å². The van der Waals surface area contributed by atoms with E-state index in [2.05, 4.69) is 28.6 Å². The molecule has 0 saturated carbocycles. The maximum atomic E-state index is 12.3. The fourth-order valence-electron chi connectivity index (χ4n) is 2.80. The van der Waals surface area contributed by atoms with E-state index >= 15 is 0 Å². The number of aromatic nitrogens is 1. The highest BCUT2D eigenvalue weighted by Crippen LogP contribution is 2.20. The van der Waals surface area contributed by atoms with Gasteiger partial charge in [-0.1, -0.05) is 17.7 Å². The number of rotatable bonds is 8. The lowest BCUT2D eigenvalue weighted by atomic mass is 10.1. The predicted molar refractivity (Wildman–Crippen MR) is 114 cm³/mol. The van der Waals surface area contributed by atoms with Gasteiger partial charge in [-0.25, -0.2) is 4.98 Å². The summed E-state index contributed by atoms with van der Waals surface area (Å²) in [5.41, 5.74) is 3.85. The summed E-state index contributed by atoms with van der Waals surface area (Å²) in [6, 6.07) is 17.0. The number of ether oxygens (including phenoxy) is 2. The van der Waals surface area contributed by atoms with E-state index < -0.39 is 0 Å². The van der Waals surface area contributed by atoms with Gasteiger partial charge >= 0.3 is 0 Å². The molecule has 0 spiro atoms. The minimum Gasteiger partial charge on any atom is -0.497 e. The molecule has 0 aliphatic carbocycles. The average molecular weight is 391 g/mol. The smallest absolute Gasteiger partial charge is 0.252 e. The topological polar surface area (TPSA) is 72.5 Å². The van der Waals surface area contributed by atoms with Gasteiger partial charge in [-0.05, 0) is 61.9 Å². The second kappa shape index (κ2) is 9.59. The minimum atomic E-state index is -0.186. The third-order valence-corrected chi connectivity index (χ3v) is 4.39. The Morgan fingerprint density at radius 1 is 1.00 bits per heavy atom. The molecule has 1 amide bonds. The van der Waals surface area contributed by atoms with Crippen molar-refractivity contribution in [3.63, 3.8) is 0 Å². The number of methoxy groups -OCH3 is 1. The van der Waals surface area contributed by atoms with Crippen LogP contribution in [0.15, 0.2) is 60.8 Å². The number of carbonyl (C=O) groups excluding carboxylic acids is 1. The molecule has 1 aromatic heterocycles. The van der Waals surface area contributed by atoms with Crippen molar-refractivity contribution in [2.24, 2.45) is 0 Å². The fourth-order valence-corrected chi connectivity index (χ4v) is 2.80. The normalized spacial score (nSPS) is 10.3. The molecule has 1 heterocycles. The summed E-state index contributed by atoms with van der Waals surface area (Å²) in [6.45, 7) is 4.88. The van der Waals surface area contributed by atoms with Gasteiger partial charge < -0.3 is 20.1 Å². The van der Waals surface area contributed by atoms with Gasteiger partial charge in [0.2, 0.25) is 0 Å². The molecule has 0 radical (unpaired) electrons. The third kappa shape index (κ3) is 5.72. The molecule has 6 heteroatoms. The Bertz CT molecular complexity index is 954. The SMILES string of the molecule is COc1ccc(OCCNC(=O)c2ccc(Nc3ccc(C)cc3C)nc2)cc1. The van der Waals surface area contributed by atoms with Crippen molar-refractivity contribution in [2.45, 2.75) is 13.8 Å². The lowest BCUT2D eigenvalue weighted by Gasteiger charge is -2.10. The van der Waals surface area contributed by atoms with Gasteiger partial charge in [-0.15, -0.1) is 0 Å². The number of amides is 1. The summed E-state index contributed by atoms with van der Waals surface area (Å²) < 4.78 is 10.7. The van der Waals surface area contributed by atoms with E-state index in [1.807, 2.05) is 43.3 Å². The molecule has 0 unspecified atom stereocenters. The molecule has 150 valence electrons. The first kappa shape index (κ1) is 20.2. The number of benzene rings is 2. The van der Waals surface area contributed by atoms with E-state index in [0.29, 0.717) is 24.5 Å². The van der Waals surface area contributed by atoms with Gasteiger partial charge in [0.05, 0.1) is 19.2 Å². The zero-order valence-electron chi connectivity index (χ0n) is 16.9. The van der Waals surface area contributed by atoms with Crippen LogP contribution in [0.1, 0.15) is 21.5 Å². The Morgan fingerprint density at radius 2 is 1.76 bits per heavy atom. The third-order valence-electron chi connectivity index (χ3n) is 4.39. The summed E-state index contributed by atoms with van der Waals surface area (Å²) in [4.78, 5) is 16.6. The van der Waals surface area contributed by atoms with Crippen molar-refractivity contribution in [1.29, 1.82) is 0 Å². The van der Waals surface area contributed by atoms with Crippen LogP contribution in [0.2, 0.25) is 0 Å². The lowest BCUT2D eigenvalue weighted by molar-refractivity contribution is 0.0946. The van der Waals surface area contributed by atoms with Crippen LogP contribution < -0.4 is 20.1 Å². The Morgan fingerprint density at radius 3 is 2.41 bits per heavy atom. The van der Waals surface area contributed by atoms with E-state index in [9.17, 15) is 4.79 Å². The number of nitrogens with one attached hydrogen (secondary N) is 2. The van der Waals surface area contributed by atoms with Crippen molar-refractivity contribution in [2.75, 3.05) is 25.6 Å². The zero-order chi connectivity index (χ0) is 20.6. The van der Waals surface area contributed by atoms with Crippen LogP contribution in [0.3, 0.4) is 0 Å². The molecule has 2 aromatic carbocycles. The summed E-state index contributed by atoms with van der Waals surface area (Å²) in [7, 11) is 1.62. The highest BCUT2D eigenvalue weighted by Gasteiger charge is 2.07. The Balaban J connectivity index is 1.47. The van der Waals surface area contributed by atoms with Gasteiger partial charge in [-0.2, -0.15) is 0 Å². The van der Waals surface area contributed by atoms with Crippen molar-refractivity contribution in [3.8, 4) is 11.5 Å². The highest BCUT2D eigenvalue weighted by atomic mass is 16.5. The summed E-state index contributed by atoms with van der Waals surface area (Å²) in [5.74, 6) is 2.00. The summed E-state index contributed by atoms with van der Waals surface area (Å²) in [6.07, 6.45) is 1.56. The van der Waals surface area contributed by atoms with Crippen LogP contribution in [0.25, 0.3) is 0 Å². The lowest BCUT2D eigenvalue weighted by Crippen LogP contribution is -2.28. The molecule has 0 atom stereocenters. The maximum absolute atomic E-state index is 12.3. The largest absolute Gasteiger partial charge is 0.497 e. The molecule has 0 fully saturated rings. The molecule has 0 saturated heterocycles. The molecular weight excluding hydrogens is 366 g/mol. The standard InChI is InChI=1S/C23H25N3O3/c1-16-4-10-21(17(2)14-16)26-22-11-5-18(15-25-22)23(27)24-12-13-29-20-8-6-19(28-3)7-9-20/h4-11,14-15H,12-13H2,1-3H3,(H,24,27)(H,25,26). The first-order chi connectivity index (χ1) is 14.0. The van der Waals surface area contributed by atoms with Gasteiger partial charge in [0.15, 0.2) is 0 Å². The van der Waals surface area contributed by atoms with E-state index in [1.54, 1.807) is 25.4 Å². The van der Waals surface area contributed by atoms with E-state index in [-0.39, 0.29) is 5.91 Å². The van der Waals surface area contributed by atoms with E-state index in [1.165, 1.54) is 5.56 Å². The second-order valence-corrected chi connectivity index (χ2v) is 6.66. The maximum Gasteiger partial charge on any atom is 0.252 e. The average Bonchev–Trinajstić information content (AvgIpc) is 2.74. The first-order valence-corrected chi connectivity index (χ1v) is 9.40. The Hall–Kier alpha value is -3.54. The van der Waals surface area contributed by atoms with Crippen LogP contribution in [0.4, 0.5) is 11.5 Å². The van der Waals surface area contributed by atoms with Crippen LogP contribution in [0, 0.1) is 13.8 Å².